The lowest BCUT2D eigenvalue weighted by atomic mass is 10.2. The molecular weight excluding hydrogens is 270 g/mol. The van der Waals surface area contributed by atoms with E-state index in [4.69, 9.17) is 5.84 Å². The van der Waals surface area contributed by atoms with Crippen LogP contribution in [0.3, 0.4) is 0 Å². The first kappa shape index (κ1) is 13.2. The van der Waals surface area contributed by atoms with Gasteiger partial charge in [-0.15, -0.1) is 11.3 Å². The Kier molecular flexibility index (Phi) is 3.58. The third-order valence-corrected chi connectivity index (χ3v) is 3.63. The van der Waals surface area contributed by atoms with Crippen LogP contribution < -0.4 is 11.3 Å². The molecular formula is C10H11N5O3S. The van der Waals surface area contributed by atoms with Crippen molar-refractivity contribution in [1.29, 1.82) is 0 Å². The molecule has 0 fully saturated rings. The minimum atomic E-state index is -0.551. The van der Waals surface area contributed by atoms with Crippen molar-refractivity contribution < 1.29 is 9.72 Å². The fourth-order valence-electron chi connectivity index (χ4n) is 1.59. The Bertz CT molecular complexity index is 633. The maximum Gasteiger partial charge on any atom is 0.381 e. The van der Waals surface area contributed by atoms with E-state index in [1.807, 2.05) is 6.92 Å². The molecule has 1 amide bonds. The van der Waals surface area contributed by atoms with E-state index < -0.39 is 4.92 Å². The average molecular weight is 281 g/mol. The molecule has 0 radical (unpaired) electrons. The minimum Gasteiger partial charge on any atom is -0.358 e. The molecule has 2 aromatic heterocycles. The highest BCUT2D eigenvalue weighted by Crippen LogP contribution is 2.22. The molecule has 0 saturated heterocycles. The number of hydrogen-bond donors (Lipinski definition) is 2. The molecule has 8 nitrogen and oxygen atoms in total. The Morgan fingerprint density at radius 1 is 1.68 bits per heavy atom. The van der Waals surface area contributed by atoms with Crippen LogP contribution in [0.15, 0.2) is 18.6 Å². The summed E-state index contributed by atoms with van der Waals surface area (Å²) in [6, 6.07) is 1.72. The summed E-state index contributed by atoms with van der Waals surface area (Å²) in [5.41, 5.74) is 2.97. The van der Waals surface area contributed by atoms with Gasteiger partial charge in [-0.05, 0) is 28.5 Å². The summed E-state index contributed by atoms with van der Waals surface area (Å²) >= 11 is 1.32. The lowest BCUT2D eigenvalue weighted by molar-refractivity contribution is -0.389. The van der Waals surface area contributed by atoms with Crippen LogP contribution in [0.4, 0.5) is 5.82 Å². The molecule has 2 aromatic rings. The maximum atomic E-state index is 11.4. The summed E-state index contributed by atoms with van der Waals surface area (Å²) in [4.78, 5) is 26.5. The summed E-state index contributed by atoms with van der Waals surface area (Å²) in [7, 11) is 0. The largest absolute Gasteiger partial charge is 0.381 e. The number of rotatable bonds is 4. The summed E-state index contributed by atoms with van der Waals surface area (Å²) in [6.07, 6.45) is 2.73. The topological polar surface area (TPSA) is 116 Å². The zero-order valence-corrected chi connectivity index (χ0v) is 10.8. The highest BCUT2D eigenvalue weighted by atomic mass is 32.1. The number of nitrogen functional groups attached to an aromatic ring is 1. The number of nitro groups is 1. The third kappa shape index (κ3) is 2.77. The van der Waals surface area contributed by atoms with Gasteiger partial charge >= 0.3 is 5.82 Å². The fourth-order valence-corrected chi connectivity index (χ4v) is 2.52. The van der Waals surface area contributed by atoms with Gasteiger partial charge in [-0.1, -0.05) is 0 Å². The van der Waals surface area contributed by atoms with E-state index in [9.17, 15) is 14.9 Å². The number of carbonyl (C=O) groups is 1. The van der Waals surface area contributed by atoms with Crippen LogP contribution in [0.2, 0.25) is 0 Å². The van der Waals surface area contributed by atoms with Crippen LogP contribution in [0, 0.1) is 17.0 Å². The minimum absolute atomic E-state index is 0.201. The maximum absolute atomic E-state index is 11.4. The molecule has 0 atom stereocenters. The average Bonchev–Trinajstić information content (AvgIpc) is 2.97. The molecule has 0 bridgehead atoms. The SMILES string of the molecule is Cc1sc(C(=O)NN)cc1Cn1cnc([N+](=O)[O-])c1. The second-order valence-corrected chi connectivity index (χ2v) is 5.08. The molecule has 2 rings (SSSR count). The van der Waals surface area contributed by atoms with Crippen LogP contribution in [0.25, 0.3) is 0 Å². The first-order chi connectivity index (χ1) is 9.01. The van der Waals surface area contributed by atoms with E-state index in [0.29, 0.717) is 11.4 Å². The van der Waals surface area contributed by atoms with Crippen LogP contribution in [0.5, 0.6) is 0 Å². The fraction of sp³-hybridized carbons (Fsp3) is 0.200. The highest BCUT2D eigenvalue weighted by Gasteiger charge is 2.14. The highest BCUT2D eigenvalue weighted by molar-refractivity contribution is 7.14. The number of aryl methyl sites for hydroxylation is 1. The number of carbonyl (C=O) groups excluding carboxylic acids is 1. The molecule has 0 aliphatic heterocycles. The summed E-state index contributed by atoms with van der Waals surface area (Å²) in [5, 5.41) is 10.5. The standard InChI is InChI=1S/C10H11N5O3S/c1-6-7(2-8(19-6)10(16)13-11)3-14-4-9(12-5-14)15(17)18/h2,4-5H,3,11H2,1H3,(H,13,16). The second kappa shape index (κ2) is 5.16. The van der Waals surface area contributed by atoms with Gasteiger partial charge in [-0.25, -0.2) is 5.84 Å². The lowest BCUT2D eigenvalue weighted by Gasteiger charge is -1.98. The first-order valence-electron chi connectivity index (χ1n) is 5.27. The molecule has 9 heteroatoms. The zero-order chi connectivity index (χ0) is 14.0. The first-order valence-corrected chi connectivity index (χ1v) is 6.09. The van der Waals surface area contributed by atoms with E-state index in [2.05, 4.69) is 10.4 Å². The van der Waals surface area contributed by atoms with Crippen molar-refractivity contribution >= 4 is 23.1 Å². The molecule has 0 spiro atoms. The number of imidazole rings is 1. The van der Waals surface area contributed by atoms with E-state index in [-0.39, 0.29) is 11.7 Å². The molecule has 0 aliphatic rings. The van der Waals surface area contributed by atoms with Gasteiger partial charge in [0.1, 0.15) is 6.20 Å². The van der Waals surface area contributed by atoms with Crippen molar-refractivity contribution in [3.8, 4) is 0 Å². The summed E-state index contributed by atoms with van der Waals surface area (Å²) in [5.74, 6) is 4.52. The molecule has 0 unspecified atom stereocenters. The summed E-state index contributed by atoms with van der Waals surface area (Å²) < 4.78 is 1.59. The van der Waals surface area contributed by atoms with E-state index in [1.54, 1.807) is 10.6 Å². The number of nitrogens with one attached hydrogen (secondary N) is 1. The van der Waals surface area contributed by atoms with E-state index in [1.165, 1.54) is 23.9 Å². The Balaban J connectivity index is 2.20. The van der Waals surface area contributed by atoms with Crippen molar-refractivity contribution in [2.24, 2.45) is 5.84 Å². The van der Waals surface area contributed by atoms with E-state index in [0.717, 1.165) is 10.4 Å². The smallest absolute Gasteiger partial charge is 0.358 e. The van der Waals surface area contributed by atoms with Gasteiger partial charge < -0.3 is 14.7 Å². The molecule has 0 saturated carbocycles. The third-order valence-electron chi connectivity index (χ3n) is 2.54. The second-order valence-electron chi connectivity index (χ2n) is 3.83. The monoisotopic (exact) mass is 281 g/mol. The van der Waals surface area contributed by atoms with Gasteiger partial charge in [-0.3, -0.25) is 10.2 Å². The van der Waals surface area contributed by atoms with Gasteiger partial charge in [0.25, 0.3) is 5.91 Å². The van der Waals surface area contributed by atoms with Crippen molar-refractivity contribution in [1.82, 2.24) is 15.0 Å². The van der Waals surface area contributed by atoms with E-state index >= 15 is 0 Å². The van der Waals surface area contributed by atoms with Crippen LogP contribution in [0.1, 0.15) is 20.1 Å². The molecule has 2 heterocycles. The van der Waals surface area contributed by atoms with Crippen LogP contribution in [-0.2, 0) is 6.54 Å². The van der Waals surface area contributed by atoms with Gasteiger partial charge in [0, 0.05) is 4.88 Å². The van der Waals surface area contributed by atoms with Crippen molar-refractivity contribution in [2.45, 2.75) is 13.5 Å². The Hall–Kier alpha value is -2.26. The van der Waals surface area contributed by atoms with Crippen molar-refractivity contribution in [2.75, 3.05) is 0 Å². The zero-order valence-electron chi connectivity index (χ0n) is 9.99. The lowest BCUT2D eigenvalue weighted by Crippen LogP contribution is -2.29. The molecule has 0 aliphatic carbocycles. The quantitative estimate of drug-likeness (QED) is 0.372. The van der Waals surface area contributed by atoms with Crippen molar-refractivity contribution in [3.05, 3.63) is 44.0 Å². The number of aromatic nitrogens is 2. The molecule has 0 aromatic carbocycles. The molecule has 100 valence electrons. The number of amides is 1. The summed E-state index contributed by atoms with van der Waals surface area (Å²) in [6.45, 7) is 2.29. The van der Waals surface area contributed by atoms with Gasteiger partial charge in [0.05, 0.1) is 11.4 Å². The number of hydrazine groups is 1. The number of hydrogen-bond acceptors (Lipinski definition) is 6. The Morgan fingerprint density at radius 3 is 3.00 bits per heavy atom. The van der Waals surface area contributed by atoms with Crippen LogP contribution in [-0.4, -0.2) is 20.4 Å². The van der Waals surface area contributed by atoms with Gasteiger partial charge in [-0.2, -0.15) is 0 Å². The normalized spacial score (nSPS) is 10.4. The Morgan fingerprint density at radius 2 is 2.42 bits per heavy atom. The van der Waals surface area contributed by atoms with Gasteiger partial charge in [0.15, 0.2) is 0 Å². The van der Waals surface area contributed by atoms with Gasteiger partial charge in [0.2, 0.25) is 6.33 Å². The number of thiophene rings is 1. The predicted molar refractivity (Wildman–Crippen MR) is 68.7 cm³/mol. The number of nitrogens with zero attached hydrogens (tertiary/aromatic N) is 3. The van der Waals surface area contributed by atoms with Crippen molar-refractivity contribution in [3.63, 3.8) is 0 Å². The Labute approximate surface area is 112 Å². The number of nitrogens with two attached hydrogens (primary N) is 1. The molecule has 3 N–H and O–H groups in total. The molecule has 19 heavy (non-hydrogen) atoms. The van der Waals surface area contributed by atoms with Crippen LogP contribution >= 0.6 is 11.3 Å². The predicted octanol–water partition coefficient (Wildman–Crippen LogP) is 0.813.